The lowest BCUT2D eigenvalue weighted by Crippen LogP contribution is -2.55. The minimum atomic E-state index is -0.180. The Balaban J connectivity index is 2.19. The lowest BCUT2D eigenvalue weighted by Gasteiger charge is -2.48. The number of rotatable bonds is 5. The summed E-state index contributed by atoms with van der Waals surface area (Å²) in [5, 5.41) is 0. The predicted molar refractivity (Wildman–Crippen MR) is 88.0 cm³/mol. The first-order valence-electron chi connectivity index (χ1n) is 8.16. The van der Waals surface area contributed by atoms with Gasteiger partial charge in [0, 0.05) is 19.3 Å². The first-order valence-corrected chi connectivity index (χ1v) is 8.16. The highest BCUT2D eigenvalue weighted by molar-refractivity contribution is 5.49. The number of likely N-dealkylation sites (N-methyl/N-ethyl adjacent to an activating group) is 1. The van der Waals surface area contributed by atoms with Crippen molar-refractivity contribution < 1.29 is 4.39 Å². The summed E-state index contributed by atoms with van der Waals surface area (Å²) in [6.07, 6.45) is 6.00. The second-order valence-electron chi connectivity index (χ2n) is 7.06. The molecule has 0 spiro atoms. The molecule has 2 rings (SSSR count). The summed E-state index contributed by atoms with van der Waals surface area (Å²) < 4.78 is 13.5. The van der Waals surface area contributed by atoms with E-state index >= 15 is 0 Å². The molecule has 1 aromatic rings. The van der Waals surface area contributed by atoms with Crippen LogP contribution in [0.1, 0.15) is 46.0 Å². The van der Waals surface area contributed by atoms with E-state index in [0.29, 0.717) is 6.54 Å². The standard InChI is InChI=1S/C18H29FN2/c1-14(2)10-15-6-5-9-18(12-15,13-20)21(3)17-8-4-7-16(19)11-17/h4,7-8,11,14-15H,5-6,9-10,12-13,20H2,1-3H3. The van der Waals surface area contributed by atoms with Gasteiger partial charge >= 0.3 is 0 Å². The maximum absolute atomic E-state index is 13.5. The molecule has 0 aromatic heterocycles. The highest BCUT2D eigenvalue weighted by Gasteiger charge is 2.39. The smallest absolute Gasteiger partial charge is 0.125 e. The molecule has 1 aromatic carbocycles. The van der Waals surface area contributed by atoms with E-state index in [1.54, 1.807) is 12.1 Å². The van der Waals surface area contributed by atoms with Crippen molar-refractivity contribution >= 4 is 5.69 Å². The van der Waals surface area contributed by atoms with Gasteiger partial charge in [0.2, 0.25) is 0 Å². The molecule has 2 nitrogen and oxygen atoms in total. The van der Waals surface area contributed by atoms with Gasteiger partial charge in [0.15, 0.2) is 0 Å². The molecule has 0 bridgehead atoms. The van der Waals surface area contributed by atoms with Crippen molar-refractivity contribution in [3.63, 3.8) is 0 Å². The summed E-state index contributed by atoms with van der Waals surface area (Å²) in [6.45, 7) is 5.21. The summed E-state index contributed by atoms with van der Waals surface area (Å²) in [4.78, 5) is 2.22. The quantitative estimate of drug-likeness (QED) is 0.881. The summed E-state index contributed by atoms with van der Waals surface area (Å²) in [7, 11) is 2.07. The minimum Gasteiger partial charge on any atom is -0.368 e. The fourth-order valence-corrected chi connectivity index (χ4v) is 3.91. The highest BCUT2D eigenvalue weighted by atomic mass is 19.1. The van der Waals surface area contributed by atoms with E-state index in [2.05, 4.69) is 25.8 Å². The third-order valence-corrected chi connectivity index (χ3v) is 5.01. The van der Waals surface area contributed by atoms with E-state index in [4.69, 9.17) is 5.73 Å². The molecule has 0 aliphatic heterocycles. The van der Waals surface area contributed by atoms with E-state index < -0.39 is 0 Å². The third kappa shape index (κ3) is 3.76. The van der Waals surface area contributed by atoms with Gasteiger partial charge in [-0.1, -0.05) is 32.8 Å². The molecule has 1 saturated carbocycles. The third-order valence-electron chi connectivity index (χ3n) is 5.01. The van der Waals surface area contributed by atoms with Crippen molar-refractivity contribution in [1.82, 2.24) is 0 Å². The van der Waals surface area contributed by atoms with Crippen molar-refractivity contribution in [2.45, 2.75) is 51.5 Å². The van der Waals surface area contributed by atoms with E-state index in [0.717, 1.165) is 30.4 Å². The van der Waals surface area contributed by atoms with Crippen molar-refractivity contribution in [3.8, 4) is 0 Å². The maximum Gasteiger partial charge on any atom is 0.125 e. The lowest BCUT2D eigenvalue weighted by atomic mass is 9.72. The van der Waals surface area contributed by atoms with Crippen LogP contribution in [0.3, 0.4) is 0 Å². The van der Waals surface area contributed by atoms with E-state index in [1.165, 1.54) is 25.3 Å². The normalized spacial score (nSPS) is 26.1. The van der Waals surface area contributed by atoms with Crippen molar-refractivity contribution in [2.24, 2.45) is 17.6 Å². The fraction of sp³-hybridized carbons (Fsp3) is 0.667. The highest BCUT2D eigenvalue weighted by Crippen LogP contribution is 2.40. The van der Waals surface area contributed by atoms with Crippen LogP contribution in [0.5, 0.6) is 0 Å². The Kier molecular flexibility index (Phi) is 5.26. The predicted octanol–water partition coefficient (Wildman–Crippen LogP) is 4.20. The van der Waals surface area contributed by atoms with Crippen LogP contribution >= 0.6 is 0 Å². The van der Waals surface area contributed by atoms with Crippen LogP contribution in [0.4, 0.5) is 10.1 Å². The van der Waals surface area contributed by atoms with Gasteiger partial charge in [-0.2, -0.15) is 0 Å². The number of benzene rings is 1. The molecule has 2 atom stereocenters. The molecular weight excluding hydrogens is 263 g/mol. The molecule has 0 amide bonds. The van der Waals surface area contributed by atoms with Crippen molar-refractivity contribution in [2.75, 3.05) is 18.5 Å². The molecule has 1 aliphatic carbocycles. The summed E-state index contributed by atoms with van der Waals surface area (Å²) in [5.74, 6) is 1.28. The van der Waals surface area contributed by atoms with Crippen molar-refractivity contribution in [3.05, 3.63) is 30.1 Å². The van der Waals surface area contributed by atoms with Crippen molar-refractivity contribution in [1.29, 1.82) is 0 Å². The van der Waals surface area contributed by atoms with Crippen LogP contribution in [0, 0.1) is 17.7 Å². The van der Waals surface area contributed by atoms with Gasteiger partial charge in [0.05, 0.1) is 5.54 Å². The number of halogens is 1. The van der Waals surface area contributed by atoms with E-state index in [1.807, 2.05) is 6.07 Å². The first kappa shape index (κ1) is 16.3. The summed E-state index contributed by atoms with van der Waals surface area (Å²) >= 11 is 0. The van der Waals surface area contributed by atoms with E-state index in [9.17, 15) is 4.39 Å². The monoisotopic (exact) mass is 292 g/mol. The number of nitrogens with two attached hydrogens (primary N) is 1. The van der Waals surface area contributed by atoms with Crippen LogP contribution < -0.4 is 10.6 Å². The Labute approximate surface area is 128 Å². The second kappa shape index (κ2) is 6.78. The molecule has 1 aliphatic rings. The Morgan fingerprint density at radius 2 is 2.19 bits per heavy atom. The SMILES string of the molecule is CC(C)CC1CCCC(CN)(N(C)c2cccc(F)c2)C1. The van der Waals surface area contributed by atoms with Crippen LogP contribution in [-0.4, -0.2) is 19.1 Å². The van der Waals surface area contributed by atoms with Crippen LogP contribution in [0.15, 0.2) is 24.3 Å². The molecule has 0 saturated heterocycles. The van der Waals surface area contributed by atoms with Crippen LogP contribution in [-0.2, 0) is 0 Å². The molecule has 118 valence electrons. The Morgan fingerprint density at radius 1 is 1.43 bits per heavy atom. The zero-order valence-electron chi connectivity index (χ0n) is 13.6. The molecule has 2 N–H and O–H groups in total. The topological polar surface area (TPSA) is 29.3 Å². The Hall–Kier alpha value is -1.09. The fourth-order valence-electron chi connectivity index (χ4n) is 3.91. The minimum absolute atomic E-state index is 0.0222. The number of nitrogens with zero attached hydrogens (tertiary/aromatic N) is 1. The molecule has 0 heterocycles. The van der Waals surface area contributed by atoms with Gasteiger partial charge < -0.3 is 10.6 Å². The average molecular weight is 292 g/mol. The largest absolute Gasteiger partial charge is 0.368 e. The number of hydrogen-bond acceptors (Lipinski definition) is 2. The number of hydrogen-bond donors (Lipinski definition) is 1. The van der Waals surface area contributed by atoms with Gasteiger partial charge in [-0.25, -0.2) is 4.39 Å². The number of anilines is 1. The molecule has 1 fully saturated rings. The van der Waals surface area contributed by atoms with Gasteiger partial charge in [0.1, 0.15) is 5.82 Å². The first-order chi connectivity index (χ1) is 9.97. The molecule has 2 unspecified atom stereocenters. The van der Waals surface area contributed by atoms with Crippen LogP contribution in [0.2, 0.25) is 0 Å². The zero-order valence-corrected chi connectivity index (χ0v) is 13.6. The summed E-state index contributed by atoms with van der Waals surface area (Å²) in [6, 6.07) is 6.87. The average Bonchev–Trinajstić information content (AvgIpc) is 2.46. The van der Waals surface area contributed by atoms with Gasteiger partial charge in [-0.15, -0.1) is 0 Å². The molecule has 3 heteroatoms. The Bertz CT molecular complexity index is 460. The molecule has 0 radical (unpaired) electrons. The zero-order chi connectivity index (χ0) is 15.5. The summed E-state index contributed by atoms with van der Waals surface area (Å²) in [5.41, 5.74) is 7.09. The van der Waals surface area contributed by atoms with Gasteiger partial charge in [0.25, 0.3) is 0 Å². The van der Waals surface area contributed by atoms with Crippen LogP contribution in [0.25, 0.3) is 0 Å². The molecular formula is C18H29FN2. The lowest BCUT2D eigenvalue weighted by molar-refractivity contribution is 0.200. The molecule has 21 heavy (non-hydrogen) atoms. The Morgan fingerprint density at radius 3 is 2.81 bits per heavy atom. The van der Waals surface area contributed by atoms with Gasteiger partial charge in [-0.05, 0) is 49.3 Å². The second-order valence-corrected chi connectivity index (χ2v) is 7.06. The maximum atomic E-state index is 13.5. The van der Waals surface area contributed by atoms with Gasteiger partial charge in [-0.3, -0.25) is 0 Å². The van der Waals surface area contributed by atoms with E-state index in [-0.39, 0.29) is 11.4 Å².